The number of pyridine rings is 2. The van der Waals surface area contributed by atoms with E-state index in [1.807, 2.05) is 11.5 Å². The lowest BCUT2D eigenvalue weighted by Gasteiger charge is -2.31. The van der Waals surface area contributed by atoms with E-state index in [4.69, 9.17) is 31.7 Å². The average molecular weight is 540 g/mol. The third kappa shape index (κ3) is 5.24. The number of hydrogen-bond donors (Lipinski definition) is 3. The van der Waals surface area contributed by atoms with E-state index in [1.165, 1.54) is 25.7 Å². The van der Waals surface area contributed by atoms with E-state index in [2.05, 4.69) is 35.2 Å². The molecule has 0 bridgehead atoms. The maximum atomic E-state index is 9.49. The molecule has 0 spiro atoms. The molecular formula is C28H38ClN7O2. The molecule has 1 aliphatic carbocycles. The van der Waals surface area contributed by atoms with Gasteiger partial charge in [-0.3, -0.25) is 21.1 Å². The Morgan fingerprint density at radius 3 is 2.63 bits per heavy atom. The molecule has 10 heteroatoms. The lowest BCUT2D eigenvalue weighted by Crippen LogP contribution is -2.36. The number of aromatic nitrogens is 4. The van der Waals surface area contributed by atoms with Gasteiger partial charge in [-0.1, -0.05) is 45.2 Å². The highest BCUT2D eigenvalue weighted by atomic mass is 35.5. The lowest BCUT2D eigenvalue weighted by molar-refractivity contribution is 0.116. The zero-order chi connectivity index (χ0) is 27.0. The highest BCUT2D eigenvalue weighted by Gasteiger charge is 2.38. The monoisotopic (exact) mass is 539 g/mol. The van der Waals surface area contributed by atoms with Gasteiger partial charge in [0.2, 0.25) is 5.95 Å². The second-order valence-corrected chi connectivity index (χ2v) is 11.7. The molecule has 2 atom stereocenters. The summed E-state index contributed by atoms with van der Waals surface area (Å²) in [7, 11) is 1.78. The van der Waals surface area contributed by atoms with Crippen LogP contribution in [0.25, 0.3) is 22.3 Å². The molecule has 5 rings (SSSR count). The highest BCUT2D eigenvalue weighted by molar-refractivity contribution is 6.30. The summed E-state index contributed by atoms with van der Waals surface area (Å²) >= 11 is 6.35. The topological polar surface area (TPSA) is 112 Å². The Morgan fingerprint density at radius 1 is 1.21 bits per heavy atom. The van der Waals surface area contributed by atoms with Crippen LogP contribution < -0.4 is 10.4 Å². The molecule has 204 valence electrons. The number of hydrogen-bond acceptors (Lipinski definition) is 7. The summed E-state index contributed by atoms with van der Waals surface area (Å²) in [6.07, 6.45) is 9.28. The molecule has 3 N–H and O–H groups in total. The molecule has 0 unspecified atom stereocenters. The first-order valence-corrected chi connectivity index (χ1v) is 14.0. The van der Waals surface area contributed by atoms with Gasteiger partial charge in [-0.15, -0.1) is 0 Å². The van der Waals surface area contributed by atoms with E-state index in [-0.39, 0.29) is 11.9 Å². The van der Waals surface area contributed by atoms with Crippen molar-refractivity contribution in [2.24, 2.45) is 17.8 Å². The minimum Gasteiger partial charge on any atom is -0.380 e. The number of imidazole rings is 1. The Morgan fingerprint density at radius 2 is 1.97 bits per heavy atom. The van der Waals surface area contributed by atoms with Crippen LogP contribution in [-0.4, -0.2) is 56.4 Å². The first-order valence-electron chi connectivity index (χ1n) is 13.6. The molecule has 3 aromatic heterocycles. The van der Waals surface area contributed by atoms with Crippen LogP contribution in [0.1, 0.15) is 58.6 Å². The number of methoxy groups -OCH3 is 1. The maximum absolute atomic E-state index is 9.49. The van der Waals surface area contributed by atoms with Gasteiger partial charge in [-0.2, -0.15) is 0 Å². The van der Waals surface area contributed by atoms with Gasteiger partial charge in [-0.25, -0.2) is 9.97 Å². The minimum absolute atomic E-state index is 0.142. The van der Waals surface area contributed by atoms with E-state index < -0.39 is 0 Å². The first-order chi connectivity index (χ1) is 18.3. The van der Waals surface area contributed by atoms with Crippen LogP contribution in [0.15, 0.2) is 24.5 Å². The summed E-state index contributed by atoms with van der Waals surface area (Å²) in [5.74, 6) is 2.46. The smallest absolute Gasteiger partial charge is 0.206 e. The van der Waals surface area contributed by atoms with E-state index >= 15 is 0 Å². The van der Waals surface area contributed by atoms with Gasteiger partial charge in [0.25, 0.3) is 0 Å². The second kappa shape index (κ2) is 11.2. The molecule has 0 aromatic carbocycles. The van der Waals surface area contributed by atoms with E-state index in [0.717, 1.165) is 48.0 Å². The fourth-order valence-electron chi connectivity index (χ4n) is 6.09. The maximum Gasteiger partial charge on any atom is 0.206 e. The highest BCUT2D eigenvalue weighted by Crippen LogP contribution is 2.39. The quantitative estimate of drug-likeness (QED) is 0.206. The van der Waals surface area contributed by atoms with Crippen molar-refractivity contribution in [3.05, 3.63) is 35.2 Å². The fourth-order valence-corrected chi connectivity index (χ4v) is 6.27. The number of halogens is 1. The molecule has 2 aliphatic rings. The number of nitrogens with zero attached hydrogens (tertiary/aromatic N) is 5. The van der Waals surface area contributed by atoms with Crippen LogP contribution in [0.4, 0.5) is 5.95 Å². The van der Waals surface area contributed by atoms with Gasteiger partial charge >= 0.3 is 0 Å². The largest absolute Gasteiger partial charge is 0.380 e. The Bertz CT molecular complexity index is 1300. The number of amidine groups is 1. The normalized spacial score (nSPS) is 23.9. The van der Waals surface area contributed by atoms with Crippen LogP contribution in [0.2, 0.25) is 5.02 Å². The van der Waals surface area contributed by atoms with Crippen LogP contribution >= 0.6 is 11.6 Å². The van der Waals surface area contributed by atoms with Crippen molar-refractivity contribution in [1.29, 1.82) is 5.41 Å². The fraction of sp³-hybridized carbons (Fsp3) is 0.571. The third-order valence-corrected chi connectivity index (χ3v) is 8.50. The van der Waals surface area contributed by atoms with Gasteiger partial charge in [-0.05, 0) is 49.1 Å². The van der Waals surface area contributed by atoms with Crippen LogP contribution in [0, 0.1) is 23.2 Å². The Balaban J connectivity index is 1.73. The number of hydroxylamine groups is 1. The van der Waals surface area contributed by atoms with Crippen LogP contribution in [0.5, 0.6) is 0 Å². The van der Waals surface area contributed by atoms with Crippen molar-refractivity contribution in [2.75, 3.05) is 18.6 Å². The van der Waals surface area contributed by atoms with Gasteiger partial charge in [0.15, 0.2) is 5.84 Å². The summed E-state index contributed by atoms with van der Waals surface area (Å²) in [5.41, 5.74) is 5.27. The van der Waals surface area contributed by atoms with Crippen molar-refractivity contribution >= 4 is 34.4 Å². The summed E-state index contributed by atoms with van der Waals surface area (Å²) < 4.78 is 8.15. The number of nitrogens with one attached hydrogen (secondary N) is 2. The standard InChI is InChI=1S/C28H38ClN7O2/c1-16(2)24-10-21(38-4)15-35(24)28-33-22-11-23(27(30)34-37)32-25(19-9-20(29)13-31-12-19)26(22)36(28)14-18-7-5-17(3)6-8-18/h9,11-13,16-18,21,24,37H,5-8,10,14-15H2,1-4H3,(H2,30,34)/t17?,18?,21-,24+/m1/s1. The molecule has 0 radical (unpaired) electrons. The number of anilines is 1. The molecule has 9 nitrogen and oxygen atoms in total. The van der Waals surface area contributed by atoms with Crippen molar-refractivity contribution < 1.29 is 9.94 Å². The summed E-state index contributed by atoms with van der Waals surface area (Å²) in [6.45, 7) is 8.46. The van der Waals surface area contributed by atoms with Crippen LogP contribution in [0.3, 0.4) is 0 Å². The van der Waals surface area contributed by atoms with E-state index in [1.54, 1.807) is 25.6 Å². The lowest BCUT2D eigenvalue weighted by atomic mass is 9.83. The number of fused-ring (bicyclic) bond motifs is 1. The zero-order valence-electron chi connectivity index (χ0n) is 22.6. The van der Waals surface area contributed by atoms with Crippen molar-refractivity contribution in [3.63, 3.8) is 0 Å². The zero-order valence-corrected chi connectivity index (χ0v) is 23.4. The number of ether oxygens (including phenoxy) is 1. The molecule has 0 amide bonds. The molecule has 2 fully saturated rings. The predicted molar refractivity (Wildman–Crippen MR) is 150 cm³/mol. The Kier molecular flexibility index (Phi) is 7.88. The second-order valence-electron chi connectivity index (χ2n) is 11.3. The van der Waals surface area contributed by atoms with Crippen LogP contribution in [-0.2, 0) is 11.3 Å². The summed E-state index contributed by atoms with van der Waals surface area (Å²) in [5, 5.41) is 18.2. The predicted octanol–water partition coefficient (Wildman–Crippen LogP) is 5.53. The third-order valence-electron chi connectivity index (χ3n) is 8.29. The SMILES string of the molecule is CO[C@@H]1C[C@@H](C(C)C)N(c2nc3cc(C(=N)NO)nc(-c4cncc(Cl)c4)c3n2CC2CCC(C)CC2)C1. The molecule has 4 heterocycles. The molecule has 38 heavy (non-hydrogen) atoms. The van der Waals surface area contributed by atoms with Gasteiger partial charge in [0.05, 0.1) is 27.9 Å². The van der Waals surface area contributed by atoms with E-state index in [0.29, 0.717) is 34.3 Å². The van der Waals surface area contributed by atoms with Crippen molar-refractivity contribution in [1.82, 2.24) is 25.0 Å². The first kappa shape index (κ1) is 26.8. The number of rotatable bonds is 7. The average Bonchev–Trinajstić information content (AvgIpc) is 3.50. The van der Waals surface area contributed by atoms with Crippen molar-refractivity contribution in [3.8, 4) is 11.3 Å². The summed E-state index contributed by atoms with van der Waals surface area (Å²) in [4.78, 5) is 16.7. The Labute approximate surface area is 229 Å². The van der Waals surface area contributed by atoms with Gasteiger partial charge in [0.1, 0.15) is 5.69 Å². The molecular weight excluding hydrogens is 502 g/mol. The van der Waals surface area contributed by atoms with E-state index in [9.17, 15) is 5.21 Å². The molecule has 1 aliphatic heterocycles. The van der Waals surface area contributed by atoms with Crippen molar-refractivity contribution in [2.45, 2.75) is 71.6 Å². The molecule has 3 aromatic rings. The molecule has 1 saturated carbocycles. The minimum atomic E-state index is -0.193. The molecule has 1 saturated heterocycles. The Hall–Kier alpha value is -2.75. The van der Waals surface area contributed by atoms with Gasteiger partial charge < -0.3 is 14.2 Å². The summed E-state index contributed by atoms with van der Waals surface area (Å²) in [6, 6.07) is 3.91. The van der Waals surface area contributed by atoms with Gasteiger partial charge in [0, 0.05) is 44.2 Å².